The lowest BCUT2D eigenvalue weighted by Crippen LogP contribution is -2.39. The number of hydrogen-bond donors (Lipinski definition) is 1. The van der Waals surface area contributed by atoms with E-state index in [-0.39, 0.29) is 6.04 Å². The number of nitrogens with two attached hydrogens (primary N) is 1. The zero-order valence-corrected chi connectivity index (χ0v) is 11.1. The molecule has 1 aliphatic rings. The number of morpholine rings is 1. The van der Waals surface area contributed by atoms with Crippen LogP contribution in [-0.4, -0.2) is 52.3 Å². The van der Waals surface area contributed by atoms with Crippen molar-refractivity contribution in [2.45, 2.75) is 13.0 Å². The molecule has 1 unspecified atom stereocenters. The molecule has 0 radical (unpaired) electrons. The van der Waals surface area contributed by atoms with Crippen molar-refractivity contribution in [1.29, 1.82) is 0 Å². The Balaban J connectivity index is 1.84. The molecule has 0 bridgehead atoms. The molecule has 0 amide bonds. The normalized spacial score (nSPS) is 18.8. The first-order valence-corrected chi connectivity index (χ1v) is 6.63. The zero-order chi connectivity index (χ0) is 13.2. The molecule has 102 valence electrons. The topological polar surface area (TPSA) is 69.2 Å². The number of nitrogens with zero attached hydrogens (tertiary/aromatic N) is 4. The van der Waals surface area contributed by atoms with Gasteiger partial charge in [-0.1, -0.05) is 0 Å². The zero-order valence-electron chi connectivity index (χ0n) is 11.1. The average Bonchev–Trinajstić information content (AvgIpc) is 2.75. The molecule has 6 nitrogen and oxygen atoms in total. The molecule has 3 rings (SSSR count). The van der Waals surface area contributed by atoms with Gasteiger partial charge in [-0.05, 0) is 13.0 Å². The van der Waals surface area contributed by atoms with Crippen LogP contribution in [0.5, 0.6) is 0 Å². The summed E-state index contributed by atoms with van der Waals surface area (Å²) >= 11 is 0. The second-order valence-corrected chi connectivity index (χ2v) is 4.97. The lowest BCUT2D eigenvalue weighted by atomic mass is 10.2. The van der Waals surface area contributed by atoms with E-state index in [2.05, 4.69) is 26.4 Å². The van der Waals surface area contributed by atoms with E-state index in [9.17, 15) is 0 Å². The molecular weight excluding hydrogens is 242 g/mol. The van der Waals surface area contributed by atoms with Crippen LogP contribution in [0.1, 0.15) is 13.0 Å². The number of aromatic nitrogens is 3. The van der Waals surface area contributed by atoms with Gasteiger partial charge >= 0.3 is 0 Å². The second-order valence-electron chi connectivity index (χ2n) is 4.97. The molecule has 0 saturated carbocycles. The lowest BCUT2D eigenvalue weighted by molar-refractivity contribution is 0.0329. The van der Waals surface area contributed by atoms with Crippen LogP contribution in [0.2, 0.25) is 0 Å². The van der Waals surface area contributed by atoms with E-state index in [4.69, 9.17) is 10.5 Å². The maximum atomic E-state index is 6.04. The van der Waals surface area contributed by atoms with Gasteiger partial charge in [-0.3, -0.25) is 9.88 Å². The van der Waals surface area contributed by atoms with Crippen LogP contribution in [0.4, 0.5) is 5.95 Å². The fourth-order valence-electron chi connectivity index (χ4n) is 2.67. The molecule has 2 aromatic rings. The Hall–Kier alpha value is -1.66. The molecule has 1 aliphatic heterocycles. The maximum absolute atomic E-state index is 6.04. The summed E-state index contributed by atoms with van der Waals surface area (Å²) in [6.45, 7) is 6.74. The summed E-state index contributed by atoms with van der Waals surface area (Å²) in [4.78, 5) is 10.8. The number of hydrogen-bond acceptors (Lipinski definition) is 5. The highest BCUT2D eigenvalue weighted by Crippen LogP contribution is 2.22. The minimum Gasteiger partial charge on any atom is -0.379 e. The summed E-state index contributed by atoms with van der Waals surface area (Å²) in [6.07, 6.45) is 3.53. The monoisotopic (exact) mass is 261 g/mol. The van der Waals surface area contributed by atoms with Crippen LogP contribution in [0, 0.1) is 0 Å². The summed E-state index contributed by atoms with van der Waals surface area (Å²) < 4.78 is 7.46. The van der Waals surface area contributed by atoms with Gasteiger partial charge in [0.1, 0.15) is 5.52 Å². The van der Waals surface area contributed by atoms with Crippen molar-refractivity contribution in [3.8, 4) is 0 Å². The van der Waals surface area contributed by atoms with Gasteiger partial charge in [0.05, 0.1) is 24.9 Å². The van der Waals surface area contributed by atoms with Crippen LogP contribution >= 0.6 is 0 Å². The Morgan fingerprint density at radius 2 is 2.21 bits per heavy atom. The molecule has 1 atom stereocenters. The third kappa shape index (κ3) is 2.41. The van der Waals surface area contributed by atoms with Gasteiger partial charge in [-0.25, -0.2) is 4.98 Å². The predicted octanol–water partition coefficient (Wildman–Crippen LogP) is 0.907. The molecule has 2 aromatic heterocycles. The second kappa shape index (κ2) is 5.14. The first-order chi connectivity index (χ1) is 9.25. The van der Waals surface area contributed by atoms with Crippen molar-refractivity contribution >= 4 is 17.0 Å². The van der Waals surface area contributed by atoms with Crippen molar-refractivity contribution in [3.63, 3.8) is 0 Å². The molecule has 0 spiro atoms. The Kier molecular flexibility index (Phi) is 3.35. The smallest absolute Gasteiger partial charge is 0.201 e. The molecule has 1 fully saturated rings. The minimum absolute atomic E-state index is 0.283. The number of fused-ring (bicyclic) bond motifs is 1. The van der Waals surface area contributed by atoms with E-state index in [1.54, 1.807) is 12.4 Å². The Morgan fingerprint density at radius 3 is 3.00 bits per heavy atom. The standard InChI is InChI=1S/C13H19N5O/c1-10(9-17-4-6-19-7-5-17)18-12-2-3-15-8-11(12)16-13(18)14/h2-3,8,10H,4-7,9H2,1H3,(H2,14,16). The van der Waals surface area contributed by atoms with Crippen LogP contribution < -0.4 is 5.73 Å². The fourth-order valence-corrected chi connectivity index (χ4v) is 2.67. The third-order valence-corrected chi connectivity index (χ3v) is 3.59. The number of ether oxygens (including phenoxy) is 1. The van der Waals surface area contributed by atoms with Gasteiger partial charge in [0.15, 0.2) is 0 Å². The quantitative estimate of drug-likeness (QED) is 0.889. The largest absolute Gasteiger partial charge is 0.379 e. The SMILES string of the molecule is CC(CN1CCOCC1)n1c(N)nc2cnccc21. The highest BCUT2D eigenvalue weighted by atomic mass is 16.5. The van der Waals surface area contributed by atoms with E-state index in [0.717, 1.165) is 43.9 Å². The van der Waals surface area contributed by atoms with Gasteiger partial charge in [0, 0.05) is 31.9 Å². The Morgan fingerprint density at radius 1 is 1.42 bits per heavy atom. The number of pyridine rings is 1. The number of anilines is 1. The first kappa shape index (κ1) is 12.4. The van der Waals surface area contributed by atoms with Gasteiger partial charge in [0.2, 0.25) is 5.95 Å². The third-order valence-electron chi connectivity index (χ3n) is 3.59. The molecule has 6 heteroatoms. The molecule has 2 N–H and O–H groups in total. The molecule has 19 heavy (non-hydrogen) atoms. The average molecular weight is 261 g/mol. The van der Waals surface area contributed by atoms with E-state index >= 15 is 0 Å². The summed E-state index contributed by atoms with van der Waals surface area (Å²) in [5, 5.41) is 0. The fraction of sp³-hybridized carbons (Fsp3) is 0.538. The van der Waals surface area contributed by atoms with Gasteiger partial charge in [0.25, 0.3) is 0 Å². The van der Waals surface area contributed by atoms with E-state index in [0.29, 0.717) is 5.95 Å². The minimum atomic E-state index is 0.283. The Bertz CT molecular complexity index is 561. The molecule has 0 aliphatic carbocycles. The van der Waals surface area contributed by atoms with E-state index in [1.807, 2.05) is 6.07 Å². The summed E-state index contributed by atoms with van der Waals surface area (Å²) in [5.41, 5.74) is 7.94. The van der Waals surface area contributed by atoms with Crippen LogP contribution in [0.15, 0.2) is 18.5 Å². The molecule has 3 heterocycles. The van der Waals surface area contributed by atoms with Crippen molar-refractivity contribution < 1.29 is 4.74 Å². The molecule has 0 aromatic carbocycles. The summed E-state index contributed by atoms with van der Waals surface area (Å²) in [6, 6.07) is 2.25. The maximum Gasteiger partial charge on any atom is 0.201 e. The van der Waals surface area contributed by atoms with Gasteiger partial charge in [-0.2, -0.15) is 0 Å². The van der Waals surface area contributed by atoms with Gasteiger partial charge < -0.3 is 15.0 Å². The van der Waals surface area contributed by atoms with Crippen molar-refractivity contribution in [2.24, 2.45) is 0 Å². The van der Waals surface area contributed by atoms with Crippen LogP contribution in [0.25, 0.3) is 11.0 Å². The van der Waals surface area contributed by atoms with Gasteiger partial charge in [-0.15, -0.1) is 0 Å². The highest BCUT2D eigenvalue weighted by Gasteiger charge is 2.18. The Labute approximate surface area is 112 Å². The first-order valence-electron chi connectivity index (χ1n) is 6.63. The summed E-state index contributed by atoms with van der Waals surface area (Å²) in [5.74, 6) is 0.559. The predicted molar refractivity (Wildman–Crippen MR) is 73.9 cm³/mol. The molecular formula is C13H19N5O. The molecule has 1 saturated heterocycles. The van der Waals surface area contributed by atoms with Crippen molar-refractivity contribution in [1.82, 2.24) is 19.4 Å². The number of nitrogen functional groups attached to an aromatic ring is 1. The number of imidazole rings is 1. The highest BCUT2D eigenvalue weighted by molar-refractivity contribution is 5.77. The van der Waals surface area contributed by atoms with Crippen molar-refractivity contribution in [2.75, 3.05) is 38.6 Å². The van der Waals surface area contributed by atoms with E-state index in [1.165, 1.54) is 0 Å². The lowest BCUT2D eigenvalue weighted by Gasteiger charge is -2.30. The van der Waals surface area contributed by atoms with E-state index < -0.39 is 0 Å². The van der Waals surface area contributed by atoms with Crippen molar-refractivity contribution in [3.05, 3.63) is 18.5 Å². The number of rotatable bonds is 3. The van der Waals surface area contributed by atoms with Crippen LogP contribution in [0.3, 0.4) is 0 Å². The van der Waals surface area contributed by atoms with Crippen LogP contribution in [-0.2, 0) is 4.74 Å². The summed E-state index contributed by atoms with van der Waals surface area (Å²) in [7, 11) is 0.